The largest absolute Gasteiger partial charge is 0.266 e. The van der Waals surface area contributed by atoms with Crippen LogP contribution >= 0.6 is 0 Å². The maximum absolute atomic E-state index is 11.1. The Balaban J connectivity index is 2.92. The van der Waals surface area contributed by atoms with E-state index in [1.54, 1.807) is 6.92 Å². The summed E-state index contributed by atoms with van der Waals surface area (Å²) >= 11 is 0. The first-order chi connectivity index (χ1) is 5.17. The van der Waals surface area contributed by atoms with E-state index < -0.39 is 9.84 Å². The van der Waals surface area contributed by atoms with Crippen molar-refractivity contribution < 1.29 is 8.42 Å². The third-order valence-electron chi connectivity index (χ3n) is 1.14. The minimum atomic E-state index is -3.22. The van der Waals surface area contributed by atoms with Crippen molar-refractivity contribution >= 4 is 9.84 Å². The molecular formula is C5H9N3O2S. The monoisotopic (exact) mass is 175 g/mol. The highest BCUT2D eigenvalue weighted by atomic mass is 32.2. The van der Waals surface area contributed by atoms with Crippen LogP contribution in [0.2, 0.25) is 0 Å². The van der Waals surface area contributed by atoms with Gasteiger partial charge in [0.2, 0.25) is 9.84 Å². The van der Waals surface area contributed by atoms with Crippen LogP contribution in [0.15, 0.2) is 11.5 Å². The molecule has 0 saturated heterocycles. The Morgan fingerprint density at radius 3 is 2.82 bits per heavy atom. The van der Waals surface area contributed by atoms with Crippen molar-refractivity contribution in [1.29, 1.82) is 0 Å². The second-order valence-corrected chi connectivity index (χ2v) is 4.10. The third-order valence-corrected chi connectivity index (χ3v) is 2.84. The Labute approximate surface area is 64.8 Å². The van der Waals surface area contributed by atoms with Crippen LogP contribution in [-0.2, 0) is 9.84 Å². The molecule has 0 aliphatic carbocycles. The fourth-order valence-electron chi connectivity index (χ4n) is 0.707. The highest BCUT2D eigenvalue weighted by Crippen LogP contribution is 2.02. The molecule has 0 saturated carbocycles. The molecular weight excluding hydrogens is 166 g/mol. The number of aromatic amines is 1. The average molecular weight is 175 g/mol. The molecule has 6 heteroatoms. The molecule has 0 aliphatic rings. The number of nitrogens with zero attached hydrogens (tertiary/aromatic N) is 2. The van der Waals surface area contributed by atoms with Gasteiger partial charge in [-0.05, 0) is 6.42 Å². The van der Waals surface area contributed by atoms with E-state index in [0.29, 0.717) is 6.42 Å². The summed E-state index contributed by atoms with van der Waals surface area (Å²) in [5.74, 6) is 0.102. The molecule has 62 valence electrons. The fourth-order valence-corrected chi connectivity index (χ4v) is 1.83. The lowest BCUT2D eigenvalue weighted by Crippen LogP contribution is -2.07. The van der Waals surface area contributed by atoms with Gasteiger partial charge < -0.3 is 0 Å². The second-order valence-electron chi connectivity index (χ2n) is 2.10. The summed E-state index contributed by atoms with van der Waals surface area (Å²) in [6.07, 6.45) is 1.83. The summed E-state index contributed by atoms with van der Waals surface area (Å²) in [6.45, 7) is 1.80. The fraction of sp³-hybridized carbons (Fsp3) is 0.600. The van der Waals surface area contributed by atoms with Crippen LogP contribution in [0.5, 0.6) is 0 Å². The summed E-state index contributed by atoms with van der Waals surface area (Å²) in [4.78, 5) is 3.55. The van der Waals surface area contributed by atoms with Crippen LogP contribution in [0.4, 0.5) is 0 Å². The van der Waals surface area contributed by atoms with Crippen LogP contribution in [0, 0.1) is 0 Å². The first-order valence-corrected chi connectivity index (χ1v) is 4.90. The van der Waals surface area contributed by atoms with Gasteiger partial charge in [-0.15, -0.1) is 5.10 Å². The molecule has 0 aliphatic heterocycles. The SMILES string of the molecule is CCCS(=O)(=O)c1nc[nH]n1. The normalized spacial score (nSPS) is 11.7. The maximum atomic E-state index is 11.1. The van der Waals surface area contributed by atoms with Gasteiger partial charge in [0.1, 0.15) is 6.33 Å². The molecule has 1 aromatic rings. The molecule has 0 amide bonds. The number of sulfone groups is 1. The van der Waals surface area contributed by atoms with Crippen LogP contribution in [0.1, 0.15) is 13.3 Å². The van der Waals surface area contributed by atoms with Gasteiger partial charge in [-0.2, -0.15) is 0 Å². The summed E-state index contributed by atoms with van der Waals surface area (Å²) < 4.78 is 22.3. The highest BCUT2D eigenvalue weighted by molar-refractivity contribution is 7.91. The van der Waals surface area contributed by atoms with E-state index in [9.17, 15) is 8.42 Å². The molecule has 1 rings (SSSR count). The lowest BCUT2D eigenvalue weighted by molar-refractivity contribution is 0.586. The standard InChI is InChI=1S/C5H9N3O2S/c1-2-3-11(9,10)5-6-4-7-8-5/h4H,2-3H2,1H3,(H,6,7,8). The summed E-state index contributed by atoms with van der Waals surface area (Å²) in [5.41, 5.74) is 0. The molecule has 11 heavy (non-hydrogen) atoms. The van der Waals surface area contributed by atoms with Gasteiger partial charge in [0, 0.05) is 0 Å². The van der Waals surface area contributed by atoms with E-state index in [1.165, 1.54) is 6.33 Å². The van der Waals surface area contributed by atoms with Crippen molar-refractivity contribution in [1.82, 2.24) is 15.2 Å². The summed E-state index contributed by atoms with van der Waals surface area (Å²) in [5, 5.41) is 5.72. The molecule has 1 aromatic heterocycles. The van der Waals surface area contributed by atoms with Gasteiger partial charge in [0.15, 0.2) is 0 Å². The van der Waals surface area contributed by atoms with Crippen molar-refractivity contribution in [3.8, 4) is 0 Å². The Kier molecular flexibility index (Phi) is 2.23. The number of rotatable bonds is 3. The van der Waals surface area contributed by atoms with E-state index in [1.807, 2.05) is 0 Å². The molecule has 0 spiro atoms. The molecule has 0 radical (unpaired) electrons. The predicted molar refractivity (Wildman–Crippen MR) is 38.7 cm³/mol. The van der Waals surface area contributed by atoms with E-state index in [0.717, 1.165) is 0 Å². The molecule has 0 bridgehead atoms. The zero-order valence-electron chi connectivity index (χ0n) is 6.11. The topological polar surface area (TPSA) is 75.7 Å². The molecule has 1 heterocycles. The minimum absolute atomic E-state index is 0.102. The van der Waals surface area contributed by atoms with Crippen molar-refractivity contribution in [3.63, 3.8) is 0 Å². The number of hydrogen-bond acceptors (Lipinski definition) is 4. The molecule has 0 atom stereocenters. The summed E-state index contributed by atoms with van der Waals surface area (Å²) in [6, 6.07) is 0. The van der Waals surface area contributed by atoms with Crippen LogP contribution in [0.25, 0.3) is 0 Å². The molecule has 1 N–H and O–H groups in total. The number of hydrogen-bond donors (Lipinski definition) is 1. The molecule has 5 nitrogen and oxygen atoms in total. The van der Waals surface area contributed by atoms with Gasteiger partial charge in [-0.1, -0.05) is 6.92 Å². The van der Waals surface area contributed by atoms with Crippen molar-refractivity contribution in [3.05, 3.63) is 6.33 Å². The zero-order valence-corrected chi connectivity index (χ0v) is 6.93. The van der Waals surface area contributed by atoms with Gasteiger partial charge in [-0.25, -0.2) is 13.4 Å². The Hall–Kier alpha value is -0.910. The average Bonchev–Trinajstić information content (AvgIpc) is 2.37. The Bertz CT molecular complexity index is 302. The number of H-pyrrole nitrogens is 1. The Morgan fingerprint density at radius 2 is 2.36 bits per heavy atom. The molecule has 0 fully saturated rings. The summed E-state index contributed by atoms with van der Waals surface area (Å²) in [7, 11) is -3.22. The first-order valence-electron chi connectivity index (χ1n) is 3.25. The van der Waals surface area contributed by atoms with Gasteiger partial charge in [-0.3, -0.25) is 5.10 Å². The van der Waals surface area contributed by atoms with Crippen LogP contribution < -0.4 is 0 Å². The van der Waals surface area contributed by atoms with Gasteiger partial charge >= 0.3 is 0 Å². The highest BCUT2D eigenvalue weighted by Gasteiger charge is 2.16. The number of nitrogens with one attached hydrogen (secondary N) is 1. The van der Waals surface area contributed by atoms with Crippen LogP contribution in [0.3, 0.4) is 0 Å². The van der Waals surface area contributed by atoms with Gasteiger partial charge in [0.05, 0.1) is 5.75 Å². The van der Waals surface area contributed by atoms with E-state index in [4.69, 9.17) is 0 Å². The minimum Gasteiger partial charge on any atom is -0.265 e. The van der Waals surface area contributed by atoms with Crippen molar-refractivity contribution in [2.45, 2.75) is 18.5 Å². The quantitative estimate of drug-likeness (QED) is 0.701. The Morgan fingerprint density at radius 1 is 1.64 bits per heavy atom. The smallest absolute Gasteiger partial charge is 0.265 e. The van der Waals surface area contributed by atoms with E-state index >= 15 is 0 Å². The van der Waals surface area contributed by atoms with Crippen molar-refractivity contribution in [2.75, 3.05) is 5.75 Å². The van der Waals surface area contributed by atoms with Gasteiger partial charge in [0.25, 0.3) is 5.16 Å². The lowest BCUT2D eigenvalue weighted by Gasteiger charge is -1.93. The predicted octanol–water partition coefficient (Wildman–Crippen LogP) is -0.0116. The maximum Gasteiger partial charge on any atom is 0.266 e. The molecule has 0 unspecified atom stereocenters. The lowest BCUT2D eigenvalue weighted by atomic mass is 10.6. The zero-order chi connectivity index (χ0) is 8.32. The van der Waals surface area contributed by atoms with Crippen molar-refractivity contribution in [2.24, 2.45) is 0 Å². The van der Waals surface area contributed by atoms with E-state index in [2.05, 4.69) is 15.2 Å². The van der Waals surface area contributed by atoms with Crippen LogP contribution in [-0.4, -0.2) is 29.4 Å². The van der Waals surface area contributed by atoms with E-state index in [-0.39, 0.29) is 10.9 Å². The third kappa shape index (κ3) is 1.76. The first kappa shape index (κ1) is 8.19. The molecule has 0 aromatic carbocycles. The number of aromatic nitrogens is 3. The second kappa shape index (κ2) is 3.00.